The van der Waals surface area contributed by atoms with E-state index < -0.39 is 0 Å². The number of aromatic nitrogens is 4. The number of nitrogens with zero attached hydrogens (tertiary/aromatic N) is 7. The molecule has 1 aliphatic rings. The Morgan fingerprint density at radius 2 is 2.38 bits per heavy atom. The van der Waals surface area contributed by atoms with Crippen molar-refractivity contribution in [2.75, 3.05) is 32.1 Å². The molecule has 110 valence electrons. The summed E-state index contributed by atoms with van der Waals surface area (Å²) in [7, 11) is 3.95. The number of anilines is 1. The normalized spacial score (nSPS) is 18.8. The van der Waals surface area contributed by atoms with Gasteiger partial charge in [0.05, 0.1) is 24.3 Å². The second-order valence-electron chi connectivity index (χ2n) is 5.39. The molecule has 0 spiro atoms. The van der Waals surface area contributed by atoms with Crippen molar-refractivity contribution in [2.45, 2.75) is 19.0 Å². The van der Waals surface area contributed by atoms with Crippen LogP contribution in [0.15, 0.2) is 12.4 Å². The minimum atomic E-state index is 0.332. The first-order chi connectivity index (χ1) is 10.2. The molecule has 8 heteroatoms. The fourth-order valence-electron chi connectivity index (χ4n) is 2.46. The van der Waals surface area contributed by atoms with Crippen molar-refractivity contribution >= 4 is 16.7 Å². The number of rotatable bonds is 4. The molecular weight excluding hydrogens is 286 g/mol. The van der Waals surface area contributed by atoms with Crippen LogP contribution >= 0.6 is 11.5 Å². The van der Waals surface area contributed by atoms with E-state index in [-0.39, 0.29) is 0 Å². The first-order valence-corrected chi connectivity index (χ1v) is 7.59. The number of likely N-dealkylation sites (tertiary alicyclic amines) is 1. The quantitative estimate of drug-likeness (QED) is 0.842. The molecule has 3 heterocycles. The van der Waals surface area contributed by atoms with Crippen LogP contribution in [0.2, 0.25) is 0 Å². The zero-order chi connectivity index (χ0) is 14.8. The molecule has 0 N–H and O–H groups in total. The Hall–Kier alpha value is -1.98. The van der Waals surface area contributed by atoms with Gasteiger partial charge in [-0.05, 0) is 6.42 Å². The van der Waals surface area contributed by atoms with Crippen LogP contribution < -0.4 is 4.90 Å². The Bertz CT molecular complexity index is 654. The van der Waals surface area contributed by atoms with Gasteiger partial charge in [-0.25, -0.2) is 4.98 Å². The lowest BCUT2D eigenvalue weighted by molar-refractivity contribution is 0.305. The molecule has 7 nitrogen and oxygen atoms in total. The minimum absolute atomic E-state index is 0.332. The molecule has 1 atom stereocenters. The van der Waals surface area contributed by atoms with Crippen molar-refractivity contribution in [1.82, 2.24) is 24.0 Å². The van der Waals surface area contributed by atoms with Gasteiger partial charge >= 0.3 is 0 Å². The van der Waals surface area contributed by atoms with Crippen molar-refractivity contribution in [3.05, 3.63) is 23.8 Å². The van der Waals surface area contributed by atoms with Crippen molar-refractivity contribution in [3.8, 4) is 6.07 Å². The summed E-state index contributed by atoms with van der Waals surface area (Å²) in [5, 5.41) is 14.1. The second-order valence-corrected chi connectivity index (χ2v) is 6.12. The molecule has 1 aliphatic heterocycles. The van der Waals surface area contributed by atoms with Gasteiger partial charge in [-0.15, -0.1) is 0 Å². The van der Waals surface area contributed by atoms with Crippen molar-refractivity contribution < 1.29 is 0 Å². The Balaban J connectivity index is 1.60. The van der Waals surface area contributed by atoms with E-state index in [0.29, 0.717) is 11.6 Å². The summed E-state index contributed by atoms with van der Waals surface area (Å²) in [5.74, 6) is 0.877. The maximum absolute atomic E-state index is 8.85. The molecule has 0 saturated carbocycles. The Labute approximate surface area is 127 Å². The van der Waals surface area contributed by atoms with Crippen LogP contribution in [-0.4, -0.2) is 51.2 Å². The molecule has 1 saturated heterocycles. The molecule has 0 aliphatic carbocycles. The monoisotopic (exact) mass is 303 g/mol. The van der Waals surface area contributed by atoms with Gasteiger partial charge < -0.3 is 4.90 Å². The largest absolute Gasteiger partial charge is 0.353 e. The average Bonchev–Trinajstić information content (AvgIpc) is 3.18. The zero-order valence-electron chi connectivity index (χ0n) is 12.1. The maximum Gasteiger partial charge on any atom is 0.204 e. The molecular formula is C13H17N7S. The first kappa shape index (κ1) is 14.0. The van der Waals surface area contributed by atoms with Gasteiger partial charge in [0.1, 0.15) is 6.07 Å². The van der Waals surface area contributed by atoms with Crippen LogP contribution in [0.3, 0.4) is 0 Å². The van der Waals surface area contributed by atoms with E-state index >= 15 is 0 Å². The fourth-order valence-corrected chi connectivity index (χ4v) is 3.05. The van der Waals surface area contributed by atoms with Gasteiger partial charge in [0.2, 0.25) is 5.13 Å². The molecule has 21 heavy (non-hydrogen) atoms. The van der Waals surface area contributed by atoms with E-state index in [0.717, 1.165) is 37.0 Å². The maximum atomic E-state index is 8.85. The van der Waals surface area contributed by atoms with E-state index in [2.05, 4.69) is 25.4 Å². The van der Waals surface area contributed by atoms with Crippen molar-refractivity contribution in [3.63, 3.8) is 0 Å². The van der Waals surface area contributed by atoms with Crippen LogP contribution in [0, 0.1) is 11.3 Å². The van der Waals surface area contributed by atoms with Gasteiger partial charge in [0, 0.05) is 44.9 Å². The smallest absolute Gasteiger partial charge is 0.204 e. The Morgan fingerprint density at radius 1 is 1.52 bits per heavy atom. The van der Waals surface area contributed by atoms with E-state index in [9.17, 15) is 0 Å². The second kappa shape index (κ2) is 5.79. The van der Waals surface area contributed by atoms with E-state index in [4.69, 9.17) is 5.26 Å². The molecule has 3 rings (SSSR count). The lowest BCUT2D eigenvalue weighted by Crippen LogP contribution is -2.22. The third kappa shape index (κ3) is 3.04. The number of hydrogen-bond donors (Lipinski definition) is 0. The van der Waals surface area contributed by atoms with Gasteiger partial charge in [-0.3, -0.25) is 9.58 Å². The third-order valence-corrected chi connectivity index (χ3v) is 4.48. The van der Waals surface area contributed by atoms with Crippen molar-refractivity contribution in [2.24, 2.45) is 0 Å². The summed E-state index contributed by atoms with van der Waals surface area (Å²) < 4.78 is 6.30. The van der Waals surface area contributed by atoms with Gasteiger partial charge in [0.15, 0.2) is 5.82 Å². The molecule has 2 aromatic heterocycles. The van der Waals surface area contributed by atoms with Gasteiger partial charge in [0.25, 0.3) is 0 Å². The Kier molecular flexibility index (Phi) is 3.86. The van der Waals surface area contributed by atoms with Gasteiger partial charge in [-0.2, -0.15) is 14.7 Å². The molecule has 1 fully saturated rings. The molecule has 2 aromatic rings. The van der Waals surface area contributed by atoms with Crippen LogP contribution in [0.5, 0.6) is 0 Å². The summed E-state index contributed by atoms with van der Waals surface area (Å²) in [6.07, 6.45) is 4.48. The number of nitriles is 1. The highest BCUT2D eigenvalue weighted by molar-refractivity contribution is 7.09. The van der Waals surface area contributed by atoms with Crippen molar-refractivity contribution in [1.29, 1.82) is 5.26 Å². The van der Waals surface area contributed by atoms with E-state index in [1.165, 1.54) is 11.5 Å². The third-order valence-electron chi connectivity index (χ3n) is 3.56. The predicted molar refractivity (Wildman–Crippen MR) is 80.1 cm³/mol. The summed E-state index contributed by atoms with van der Waals surface area (Å²) in [4.78, 5) is 8.82. The lowest BCUT2D eigenvalue weighted by atomic mass is 10.3. The predicted octanol–water partition coefficient (Wildman–Crippen LogP) is 1.12. The first-order valence-electron chi connectivity index (χ1n) is 6.82. The standard InChI is InChI=1S/C13H17N7S/c1-18(2)13-16-12(17-21-13)9-19-4-3-11(8-19)20-7-10(5-14)6-15-20/h6-7,11H,3-4,8-9H2,1-2H3. The topological polar surface area (TPSA) is 73.9 Å². The zero-order valence-corrected chi connectivity index (χ0v) is 12.9. The van der Waals surface area contributed by atoms with Gasteiger partial charge in [-0.1, -0.05) is 0 Å². The summed E-state index contributed by atoms with van der Waals surface area (Å²) >= 11 is 1.43. The summed E-state index contributed by atoms with van der Waals surface area (Å²) in [6.45, 7) is 2.69. The highest BCUT2D eigenvalue weighted by atomic mass is 32.1. The fraction of sp³-hybridized carbons (Fsp3) is 0.538. The molecule has 0 amide bonds. The minimum Gasteiger partial charge on any atom is -0.353 e. The van der Waals surface area contributed by atoms with Crippen LogP contribution in [0.4, 0.5) is 5.13 Å². The number of hydrogen-bond acceptors (Lipinski definition) is 7. The Morgan fingerprint density at radius 3 is 3.05 bits per heavy atom. The highest BCUT2D eigenvalue weighted by Crippen LogP contribution is 2.23. The van der Waals surface area contributed by atoms with E-state index in [1.54, 1.807) is 6.20 Å². The van der Waals surface area contributed by atoms with Crippen LogP contribution in [0.25, 0.3) is 0 Å². The van der Waals surface area contributed by atoms with Crippen LogP contribution in [0.1, 0.15) is 23.9 Å². The van der Waals surface area contributed by atoms with Crippen LogP contribution in [-0.2, 0) is 6.54 Å². The lowest BCUT2D eigenvalue weighted by Gasteiger charge is -2.14. The summed E-state index contributed by atoms with van der Waals surface area (Å²) in [5.41, 5.74) is 0.616. The molecule has 0 aromatic carbocycles. The SMILES string of the molecule is CN(C)c1nc(CN2CCC(n3cc(C#N)cn3)C2)ns1. The molecule has 1 unspecified atom stereocenters. The van der Waals surface area contributed by atoms with E-state index in [1.807, 2.05) is 29.9 Å². The summed E-state index contributed by atoms with van der Waals surface area (Å²) in [6, 6.07) is 2.45. The average molecular weight is 303 g/mol. The molecule has 0 radical (unpaired) electrons. The molecule has 0 bridgehead atoms. The highest BCUT2D eigenvalue weighted by Gasteiger charge is 2.25.